The maximum atomic E-state index is 6.24. The number of nitrogens with zero attached hydrogens (tertiary/aromatic N) is 4. The summed E-state index contributed by atoms with van der Waals surface area (Å²) in [5, 5.41) is 14.1. The van der Waals surface area contributed by atoms with Gasteiger partial charge in [0.05, 0.1) is 16.7 Å². The zero-order valence-corrected chi connectivity index (χ0v) is 34.4. The van der Waals surface area contributed by atoms with Crippen molar-refractivity contribution in [1.29, 1.82) is 0 Å². The molecule has 0 radical (unpaired) electrons. The first-order chi connectivity index (χ1) is 31.2. The molecule has 4 heterocycles. The predicted octanol–water partition coefficient (Wildman–Crippen LogP) is 15.7. The second kappa shape index (κ2) is 13.2. The molecule has 6 heteroatoms. The summed E-state index contributed by atoms with van der Waals surface area (Å²) in [6, 6.07) is 69.3. The highest BCUT2D eigenvalue weighted by atomic mass is 32.1. The maximum absolute atomic E-state index is 6.24. The quantitative estimate of drug-likeness (QED) is 0.177. The fourth-order valence-corrected chi connectivity index (χ4v) is 10.9. The van der Waals surface area contributed by atoms with Crippen molar-refractivity contribution in [1.82, 2.24) is 19.5 Å². The number of rotatable bonds is 4. The Labute approximate surface area is 363 Å². The van der Waals surface area contributed by atoms with Crippen LogP contribution in [-0.2, 0) is 0 Å². The van der Waals surface area contributed by atoms with E-state index in [-0.39, 0.29) is 0 Å². The minimum Gasteiger partial charge on any atom is -0.456 e. The number of fused-ring (bicyclic) bond motifs is 12. The van der Waals surface area contributed by atoms with Gasteiger partial charge in [-0.3, -0.25) is 0 Å². The first kappa shape index (κ1) is 34.5. The van der Waals surface area contributed by atoms with Crippen molar-refractivity contribution >= 4 is 108 Å². The Morgan fingerprint density at radius 2 is 0.921 bits per heavy atom. The van der Waals surface area contributed by atoms with E-state index >= 15 is 0 Å². The molecule has 4 aromatic heterocycles. The number of thiophene rings is 1. The number of para-hydroxylation sites is 2. The molecule has 0 spiro atoms. The van der Waals surface area contributed by atoms with E-state index in [2.05, 4.69) is 174 Å². The van der Waals surface area contributed by atoms with Gasteiger partial charge in [-0.15, -0.1) is 11.3 Å². The monoisotopic (exact) mass is 820 g/mol. The number of aromatic nitrogens is 4. The minimum absolute atomic E-state index is 0.600. The molecular formula is C57H32N4OS. The lowest BCUT2D eigenvalue weighted by atomic mass is 10.0. The van der Waals surface area contributed by atoms with Gasteiger partial charge in [0.25, 0.3) is 0 Å². The summed E-state index contributed by atoms with van der Waals surface area (Å²) in [4.78, 5) is 16.0. The molecule has 14 rings (SSSR count). The van der Waals surface area contributed by atoms with E-state index in [0.29, 0.717) is 17.5 Å². The number of hydrogen-bond acceptors (Lipinski definition) is 5. The van der Waals surface area contributed by atoms with Crippen LogP contribution in [0.1, 0.15) is 0 Å². The highest BCUT2D eigenvalue weighted by Crippen LogP contribution is 2.45. The Kier molecular flexibility index (Phi) is 7.21. The van der Waals surface area contributed by atoms with Gasteiger partial charge in [0.15, 0.2) is 17.5 Å². The Morgan fingerprint density at radius 1 is 0.349 bits per heavy atom. The van der Waals surface area contributed by atoms with Crippen LogP contribution in [-0.4, -0.2) is 19.5 Å². The normalized spacial score (nSPS) is 12.1. The standard InChI is InChI=1S/C57H32N4OS/c1-2-12-34-25-39(22-21-33(34)11-1)55-58-56(40-23-24-51-45(28-40)43-18-8-10-20-50(43)62-51)60-57(59-55)41-30-49(54-46-27-36-14-4-6-16-38(36)31-52(46)63-53(54)32-41)61-47-19-9-7-17-42(47)44-26-35-13-3-5-15-37(35)29-48(44)61/h1-32H. The third kappa shape index (κ3) is 5.32. The Hall–Kier alpha value is -8.19. The molecule has 10 aromatic carbocycles. The molecule has 0 aliphatic heterocycles. The van der Waals surface area contributed by atoms with E-state index in [1.54, 1.807) is 0 Å². The molecule has 292 valence electrons. The molecule has 0 N–H and O–H groups in total. The number of benzene rings is 10. The predicted molar refractivity (Wildman–Crippen MR) is 263 cm³/mol. The van der Waals surface area contributed by atoms with Gasteiger partial charge in [-0.2, -0.15) is 0 Å². The average Bonchev–Trinajstić information content (AvgIpc) is 4.00. The third-order valence-electron chi connectivity index (χ3n) is 12.7. The molecule has 0 aliphatic rings. The van der Waals surface area contributed by atoms with E-state index < -0.39 is 0 Å². The van der Waals surface area contributed by atoms with Crippen molar-refractivity contribution in [2.24, 2.45) is 0 Å². The van der Waals surface area contributed by atoms with Crippen molar-refractivity contribution in [2.75, 3.05) is 0 Å². The van der Waals surface area contributed by atoms with Crippen molar-refractivity contribution in [2.45, 2.75) is 0 Å². The van der Waals surface area contributed by atoms with Crippen molar-refractivity contribution < 1.29 is 4.42 Å². The van der Waals surface area contributed by atoms with Crippen LogP contribution in [0.4, 0.5) is 0 Å². The first-order valence-electron chi connectivity index (χ1n) is 21.2. The Bertz CT molecular complexity index is 4230. The van der Waals surface area contributed by atoms with Crippen molar-refractivity contribution in [3.8, 4) is 39.9 Å². The van der Waals surface area contributed by atoms with Crippen LogP contribution in [0.25, 0.3) is 136 Å². The van der Waals surface area contributed by atoms with Gasteiger partial charge in [-0.05, 0) is 105 Å². The summed E-state index contributed by atoms with van der Waals surface area (Å²) < 4.78 is 11.1. The van der Waals surface area contributed by atoms with Gasteiger partial charge in [-0.25, -0.2) is 15.0 Å². The Morgan fingerprint density at radius 3 is 1.70 bits per heavy atom. The summed E-state index contributed by atoms with van der Waals surface area (Å²) >= 11 is 1.82. The van der Waals surface area contributed by atoms with E-state index in [0.717, 1.165) is 60.7 Å². The van der Waals surface area contributed by atoms with Crippen molar-refractivity contribution in [3.63, 3.8) is 0 Å². The summed E-state index contributed by atoms with van der Waals surface area (Å²) in [6.45, 7) is 0. The zero-order valence-electron chi connectivity index (χ0n) is 33.6. The molecule has 14 aromatic rings. The van der Waals surface area contributed by atoms with Gasteiger partial charge in [0, 0.05) is 58.4 Å². The summed E-state index contributed by atoms with van der Waals surface area (Å²) in [5.41, 5.74) is 7.81. The van der Waals surface area contributed by atoms with Crippen LogP contribution in [0, 0.1) is 0 Å². The van der Waals surface area contributed by atoms with Gasteiger partial charge in [0.1, 0.15) is 11.2 Å². The number of hydrogen-bond donors (Lipinski definition) is 0. The van der Waals surface area contributed by atoms with Gasteiger partial charge in [-0.1, -0.05) is 121 Å². The van der Waals surface area contributed by atoms with Crippen LogP contribution < -0.4 is 0 Å². The fourth-order valence-electron chi connectivity index (χ4n) is 9.75. The first-order valence-corrected chi connectivity index (χ1v) is 22.0. The van der Waals surface area contributed by atoms with Gasteiger partial charge >= 0.3 is 0 Å². The van der Waals surface area contributed by atoms with E-state index in [9.17, 15) is 0 Å². The van der Waals surface area contributed by atoms with Crippen LogP contribution in [0.3, 0.4) is 0 Å². The molecule has 0 unspecified atom stereocenters. The van der Waals surface area contributed by atoms with Gasteiger partial charge in [0.2, 0.25) is 0 Å². The summed E-state index contributed by atoms with van der Waals surface area (Å²) in [6.07, 6.45) is 0. The minimum atomic E-state index is 0.600. The van der Waals surface area contributed by atoms with Gasteiger partial charge < -0.3 is 8.98 Å². The summed E-state index contributed by atoms with van der Waals surface area (Å²) in [7, 11) is 0. The number of furan rings is 1. The average molecular weight is 821 g/mol. The largest absolute Gasteiger partial charge is 0.456 e. The molecule has 5 nitrogen and oxygen atoms in total. The molecular weight excluding hydrogens is 789 g/mol. The van der Waals surface area contributed by atoms with Crippen molar-refractivity contribution in [3.05, 3.63) is 194 Å². The van der Waals surface area contributed by atoms with Crippen LogP contribution >= 0.6 is 11.3 Å². The second-order valence-electron chi connectivity index (χ2n) is 16.4. The third-order valence-corrected chi connectivity index (χ3v) is 13.8. The smallest absolute Gasteiger partial charge is 0.164 e. The highest BCUT2D eigenvalue weighted by Gasteiger charge is 2.22. The molecule has 0 bridgehead atoms. The zero-order chi connectivity index (χ0) is 41.2. The molecule has 0 fully saturated rings. The highest BCUT2D eigenvalue weighted by molar-refractivity contribution is 7.26. The second-order valence-corrected chi connectivity index (χ2v) is 17.5. The Balaban J connectivity index is 1.08. The molecule has 0 aliphatic carbocycles. The lowest BCUT2D eigenvalue weighted by Crippen LogP contribution is -2.01. The molecule has 63 heavy (non-hydrogen) atoms. The van der Waals surface area contributed by atoms with Crippen LogP contribution in [0.15, 0.2) is 199 Å². The maximum Gasteiger partial charge on any atom is 0.164 e. The lowest BCUT2D eigenvalue weighted by molar-refractivity contribution is 0.669. The van der Waals surface area contributed by atoms with Crippen LogP contribution in [0.2, 0.25) is 0 Å². The molecule has 0 amide bonds. The van der Waals surface area contributed by atoms with E-state index in [4.69, 9.17) is 19.4 Å². The SMILES string of the molecule is c1ccc2cc(-c3nc(-c4cc(-n5c6ccccc6c6cc7ccccc7cc65)c5c(c4)sc4cc6ccccc6cc45)nc(-c4ccc5oc6ccccc6c5c4)n3)ccc2c1. The van der Waals surface area contributed by atoms with E-state index in [1.807, 2.05) is 35.6 Å². The van der Waals surface area contributed by atoms with Crippen LogP contribution in [0.5, 0.6) is 0 Å². The molecule has 0 saturated carbocycles. The topological polar surface area (TPSA) is 56.7 Å². The summed E-state index contributed by atoms with van der Waals surface area (Å²) in [5.74, 6) is 1.82. The lowest BCUT2D eigenvalue weighted by Gasteiger charge is -2.14. The molecule has 0 atom stereocenters. The van der Waals surface area contributed by atoms with E-state index in [1.165, 1.54) is 57.9 Å². The fraction of sp³-hybridized carbons (Fsp3) is 0. The molecule has 0 saturated heterocycles.